The summed E-state index contributed by atoms with van der Waals surface area (Å²) in [4.78, 5) is 249. The van der Waals surface area contributed by atoms with Gasteiger partial charge in [-0.25, -0.2) is 0 Å². The average molecular weight is 1940 g/mol. The summed E-state index contributed by atoms with van der Waals surface area (Å²) < 4.78 is 16.8. The van der Waals surface area contributed by atoms with Gasteiger partial charge < -0.3 is 39.8 Å². The normalized spacial score (nSPS) is 18.9. The van der Waals surface area contributed by atoms with Crippen LogP contribution >= 0.6 is 11.6 Å². The predicted molar refractivity (Wildman–Crippen MR) is 504 cm³/mol. The van der Waals surface area contributed by atoms with E-state index < -0.39 is 142 Å². The molecule has 10 aliphatic heterocycles. The third kappa shape index (κ3) is 19.8. The highest BCUT2D eigenvalue weighted by atomic mass is 35.5. The van der Waals surface area contributed by atoms with Crippen LogP contribution in [0.4, 0.5) is 22.7 Å². The Labute approximate surface area is 809 Å². The number of nitrogens with zero attached hydrogens (tertiary/aromatic N) is 5. The molecule has 716 valence electrons. The van der Waals surface area contributed by atoms with Crippen LogP contribution in [0.1, 0.15) is 202 Å². The largest absolute Gasteiger partial charge is 0.467 e. The van der Waals surface area contributed by atoms with E-state index in [1.54, 1.807) is 109 Å². The predicted octanol–water partition coefficient (Wildman–Crippen LogP) is 9.92. The summed E-state index contributed by atoms with van der Waals surface area (Å²) in [6.07, 6.45) is 2.75. The van der Waals surface area contributed by atoms with Crippen LogP contribution in [-0.2, 0) is 87.2 Å². The van der Waals surface area contributed by atoms with Crippen molar-refractivity contribution in [3.05, 3.63) is 319 Å². The van der Waals surface area contributed by atoms with Crippen molar-refractivity contribution in [3.63, 3.8) is 0 Å². The molecule has 5 saturated heterocycles. The van der Waals surface area contributed by atoms with Crippen molar-refractivity contribution in [1.29, 1.82) is 0 Å². The number of carbonyl (C=O) groups is 20. The molecule has 142 heavy (non-hydrogen) atoms. The van der Waals surface area contributed by atoms with Crippen molar-refractivity contribution in [2.24, 2.45) is 0 Å². The number of amides is 20. The zero-order chi connectivity index (χ0) is 99.4. The molecule has 0 saturated carbocycles. The van der Waals surface area contributed by atoms with E-state index in [0.717, 1.165) is 80.4 Å². The second-order valence-electron chi connectivity index (χ2n) is 34.4. The molecular weight excluding hydrogens is 1850 g/mol. The van der Waals surface area contributed by atoms with Crippen molar-refractivity contribution in [1.82, 2.24) is 56.4 Å². The maximum atomic E-state index is 12.9. The van der Waals surface area contributed by atoms with Crippen LogP contribution in [0, 0.1) is 0 Å². The fourth-order valence-electron chi connectivity index (χ4n) is 18.0. The monoisotopic (exact) mass is 1930 g/mol. The number of imide groups is 10. The molecule has 38 nitrogen and oxygen atoms in total. The van der Waals surface area contributed by atoms with Crippen LogP contribution in [0.3, 0.4) is 0 Å². The minimum atomic E-state index is -0.970. The SMILES string of the molecule is O=C1CCC(N2C(=O)c3ccc(CNCc4cc5ccccc5o4)cc3C2=O)C(=O)N1.O=C1CCC(N2C(=O)c3ccc(NCc4cc5ccccc5o4)cc3C2=O)C(=O)N1.O=C1CCC(N2C(=O)c3ccc(NCc4cccc(Cl)c4)cc3C2=O)C(=O)N1.O=C1CCC(N2C(=O)c3ccc(NCc4ccccc4)cc3C2=O)C(=O)N1.O=C1CCC(N2C(=O)c3ccc(NCc4ccco4)cc3C2=O)C(=O)N1. The Morgan fingerprint density at radius 2 is 0.563 bits per heavy atom. The van der Waals surface area contributed by atoms with Gasteiger partial charge in [0.25, 0.3) is 59.1 Å². The minimum absolute atomic E-state index is 0.0914. The van der Waals surface area contributed by atoms with E-state index in [2.05, 4.69) is 53.2 Å². The van der Waals surface area contributed by atoms with E-state index in [9.17, 15) is 95.9 Å². The molecule has 0 radical (unpaired) electrons. The molecule has 39 heteroatoms. The first-order valence-corrected chi connectivity index (χ1v) is 45.6. The summed E-state index contributed by atoms with van der Waals surface area (Å²) in [5, 5.41) is 29.6. The average Bonchev–Trinajstić information content (AvgIpc) is 1.63. The van der Waals surface area contributed by atoms with E-state index in [-0.39, 0.29) is 126 Å². The number of rotatable bonds is 21. The summed E-state index contributed by atoms with van der Waals surface area (Å²) in [6.45, 7) is 2.92. The highest BCUT2D eigenvalue weighted by Gasteiger charge is 2.51. The third-order valence-electron chi connectivity index (χ3n) is 25.1. The van der Waals surface area contributed by atoms with Crippen LogP contribution in [0.15, 0.2) is 238 Å². The Balaban J connectivity index is 0.000000117. The summed E-state index contributed by atoms with van der Waals surface area (Å²) in [6, 6.07) is 60.0. The lowest BCUT2D eigenvalue weighted by atomic mass is 10.0. The number of piperidine rings is 5. The maximum absolute atomic E-state index is 12.9. The van der Waals surface area contributed by atoms with E-state index in [1.165, 1.54) is 0 Å². The zero-order valence-electron chi connectivity index (χ0n) is 75.1. The van der Waals surface area contributed by atoms with Crippen molar-refractivity contribution >= 4 is 174 Å². The molecule has 9 aromatic carbocycles. The highest BCUT2D eigenvalue weighted by molar-refractivity contribution is 6.31. The van der Waals surface area contributed by atoms with E-state index in [1.807, 2.05) is 115 Å². The van der Waals surface area contributed by atoms with Crippen LogP contribution in [-0.4, -0.2) is 173 Å². The van der Waals surface area contributed by atoms with Gasteiger partial charge in [-0.2, -0.15) is 0 Å². The Kier molecular flexibility index (Phi) is 26.9. The molecule has 10 aliphatic rings. The smallest absolute Gasteiger partial charge is 0.262 e. The summed E-state index contributed by atoms with van der Waals surface area (Å²) in [5.41, 5.74) is 9.78. The number of nitrogens with one attached hydrogen (secondary N) is 10. The Morgan fingerprint density at radius 1 is 0.261 bits per heavy atom. The van der Waals surface area contributed by atoms with Crippen LogP contribution in [0.25, 0.3) is 21.9 Å². The lowest BCUT2D eigenvalue weighted by molar-refractivity contribution is -0.137. The first-order valence-electron chi connectivity index (χ1n) is 45.2. The standard InChI is InChI=1S/C23H19N3O5.C22H17N3O5.C20H16ClN3O4.C20H17N3O4.C18H15N3O5/c27-20-8-7-18(21(28)25-20)26-22(29)16-6-5-13(9-17(16)23(26)30)11-24-12-15-10-14-3-1-2-4-19(14)31-15;26-19-8-7-17(20(27)24-19)25-21(28)15-6-5-13(10-16(15)22(25)29)23-11-14-9-12-3-1-2-4-18(12)30-14;21-12-3-1-2-11(8-12)10-22-13-4-5-14-15(9-13)20(28)24(19(14)27)16-6-7-17(25)23-18(16)26;24-17-9-8-16(18(25)22-17)23-19(26)14-7-6-13(10-15(14)20(23)27)21-11-12-4-2-1-3-5-12;22-15-6-5-14(16(23)20-15)21-17(24)12-4-3-10(8-13(12)18(21)25)19-9-11-2-1-7-26-11/h1-6,9-10,18,24H,7-8,11-12H2,(H,25,27,28);1-6,9-10,17,23H,7-8,11H2,(H,24,26,27);1-5,8-9,16,22H,6-7,10H2,(H,23,25,26);1-7,10,16,21H,8-9,11H2,(H,22,24,25);1-4,7-8,14,19H,5-6,9H2,(H,20,22,23). The van der Waals surface area contributed by atoms with Gasteiger partial charge in [-0.3, -0.25) is 147 Å². The van der Waals surface area contributed by atoms with Gasteiger partial charge in [-0.1, -0.05) is 96.5 Å². The number of para-hydroxylation sites is 2. The molecule has 5 atom stereocenters. The number of benzene rings is 9. The summed E-state index contributed by atoms with van der Waals surface area (Å²) in [7, 11) is 0. The molecule has 0 aliphatic carbocycles. The van der Waals surface area contributed by atoms with Crippen LogP contribution in [0.2, 0.25) is 5.02 Å². The number of furan rings is 3. The van der Waals surface area contributed by atoms with E-state index >= 15 is 0 Å². The van der Waals surface area contributed by atoms with Crippen molar-refractivity contribution in [2.75, 3.05) is 21.3 Å². The first kappa shape index (κ1) is 94.5. The van der Waals surface area contributed by atoms with Gasteiger partial charge in [0.2, 0.25) is 59.1 Å². The Hall–Kier alpha value is -17.8. The lowest BCUT2D eigenvalue weighted by Crippen LogP contribution is -2.54. The highest BCUT2D eigenvalue weighted by Crippen LogP contribution is 2.37. The maximum Gasteiger partial charge on any atom is 0.262 e. The molecule has 0 spiro atoms. The van der Waals surface area contributed by atoms with E-state index in [4.69, 9.17) is 24.9 Å². The number of fused-ring (bicyclic) bond motifs is 7. The molecule has 5 unspecified atom stereocenters. The summed E-state index contributed by atoms with van der Waals surface area (Å²) >= 11 is 5.98. The van der Waals surface area contributed by atoms with E-state index in [0.29, 0.717) is 67.0 Å². The second kappa shape index (κ2) is 40.5. The van der Waals surface area contributed by atoms with Crippen LogP contribution < -0.4 is 53.2 Å². The minimum Gasteiger partial charge on any atom is -0.467 e. The number of anilines is 4. The van der Waals surface area contributed by atoms with Crippen molar-refractivity contribution < 1.29 is 109 Å². The fourth-order valence-corrected chi connectivity index (χ4v) is 18.2. The second-order valence-corrected chi connectivity index (χ2v) is 34.8. The van der Waals surface area contributed by atoms with Gasteiger partial charge in [-0.15, -0.1) is 0 Å². The van der Waals surface area contributed by atoms with Crippen molar-refractivity contribution in [2.45, 2.75) is 134 Å². The van der Waals surface area contributed by atoms with Crippen LogP contribution in [0.5, 0.6) is 0 Å². The molecule has 0 bridgehead atoms. The Bertz CT molecular complexity index is 7290. The molecule has 10 N–H and O–H groups in total. The molecule has 20 amide bonds. The molecule has 3 aromatic heterocycles. The quantitative estimate of drug-likeness (QED) is 0.0299. The number of carbonyl (C=O) groups excluding carboxylic acids is 20. The molecule has 22 rings (SSSR count). The van der Waals surface area contributed by atoms with Gasteiger partial charge >= 0.3 is 0 Å². The van der Waals surface area contributed by atoms with Gasteiger partial charge in [0.1, 0.15) is 58.7 Å². The van der Waals surface area contributed by atoms with Crippen molar-refractivity contribution in [3.8, 4) is 0 Å². The number of hydrogen-bond acceptors (Lipinski definition) is 28. The topological polar surface area (TPSA) is 517 Å². The van der Waals surface area contributed by atoms with Gasteiger partial charge in [0.05, 0.1) is 81.5 Å². The van der Waals surface area contributed by atoms with Gasteiger partial charge in [0, 0.05) is 90.3 Å². The van der Waals surface area contributed by atoms with Gasteiger partial charge in [0.15, 0.2) is 0 Å². The fraction of sp³-hybridized carbons (Fsp3) is 0.204. The summed E-state index contributed by atoms with van der Waals surface area (Å²) in [5.74, 6) is -7.93. The van der Waals surface area contributed by atoms with Gasteiger partial charge in [-0.05, 0) is 182 Å². The zero-order valence-corrected chi connectivity index (χ0v) is 75.8. The first-order chi connectivity index (χ1) is 68.5. The number of hydrogen-bond donors (Lipinski definition) is 10. The Morgan fingerprint density at radius 3 is 0.908 bits per heavy atom. The molecule has 12 aromatic rings. The molecule has 13 heterocycles. The number of halogens is 1. The third-order valence-corrected chi connectivity index (χ3v) is 25.3. The lowest BCUT2D eigenvalue weighted by Gasteiger charge is -2.27. The molecule has 5 fully saturated rings. The molecular formula is C103H84ClN15O23.